The number of hydrogen-bond acceptors (Lipinski definition) is 6. The van der Waals surface area contributed by atoms with E-state index in [1.165, 1.54) is 18.2 Å². The average molecular weight is 315 g/mol. The number of nitro benzene ring substituents is 1. The minimum absolute atomic E-state index is 0.281. The highest BCUT2D eigenvalue weighted by Crippen LogP contribution is 2.25. The molecule has 0 radical (unpaired) electrons. The van der Waals surface area contributed by atoms with Gasteiger partial charge in [-0.15, -0.1) is 0 Å². The number of aliphatic hydroxyl groups excluding tert-OH is 1. The highest BCUT2D eigenvalue weighted by Gasteiger charge is 2.38. The second-order valence-corrected chi connectivity index (χ2v) is 6.70. The van der Waals surface area contributed by atoms with Crippen LogP contribution in [0, 0.1) is 10.1 Å². The van der Waals surface area contributed by atoms with Gasteiger partial charge < -0.3 is 10.4 Å². The first-order valence-electron chi connectivity index (χ1n) is 6.49. The van der Waals surface area contributed by atoms with Crippen molar-refractivity contribution in [3.63, 3.8) is 0 Å². The Morgan fingerprint density at radius 3 is 2.71 bits per heavy atom. The smallest absolute Gasteiger partial charge is 0.289 e. The number of benzene rings is 1. The number of sulfonamides is 1. The molecule has 1 heterocycles. The van der Waals surface area contributed by atoms with Crippen LogP contribution in [0.2, 0.25) is 0 Å². The Morgan fingerprint density at radius 2 is 2.14 bits per heavy atom. The molecule has 8 nitrogen and oxygen atoms in total. The first kappa shape index (κ1) is 15.8. The number of nitro groups is 1. The maximum Gasteiger partial charge on any atom is 0.289 e. The summed E-state index contributed by atoms with van der Waals surface area (Å²) >= 11 is 0. The van der Waals surface area contributed by atoms with E-state index in [4.69, 9.17) is 0 Å². The fourth-order valence-corrected chi connectivity index (χ4v) is 3.99. The molecule has 1 aliphatic heterocycles. The quantitative estimate of drug-likeness (QED) is 0.519. The summed E-state index contributed by atoms with van der Waals surface area (Å²) in [4.78, 5) is 9.83. The van der Waals surface area contributed by atoms with Crippen LogP contribution in [0.4, 0.5) is 5.69 Å². The van der Waals surface area contributed by atoms with Gasteiger partial charge in [-0.1, -0.05) is 12.1 Å². The molecule has 1 aromatic rings. The van der Waals surface area contributed by atoms with Crippen LogP contribution < -0.4 is 10.0 Å². The van der Waals surface area contributed by atoms with E-state index in [0.717, 1.165) is 12.6 Å². The fourth-order valence-electron chi connectivity index (χ4n) is 2.40. The molecule has 9 heteroatoms. The third kappa shape index (κ3) is 3.38. The summed E-state index contributed by atoms with van der Waals surface area (Å²) in [6, 6.07) is 5.15. The molecule has 0 spiro atoms. The largest absolute Gasteiger partial charge is 0.394 e. The molecular weight excluding hydrogens is 298 g/mol. The molecule has 1 saturated heterocycles. The van der Waals surface area contributed by atoms with Crippen molar-refractivity contribution in [1.82, 2.24) is 10.0 Å². The number of hydrogen-bond donors (Lipinski definition) is 3. The van der Waals surface area contributed by atoms with Gasteiger partial charge in [0.15, 0.2) is 4.90 Å². The number of piperidine rings is 1. The number of rotatable bonds is 5. The van der Waals surface area contributed by atoms with Crippen molar-refractivity contribution in [2.24, 2.45) is 0 Å². The zero-order valence-electron chi connectivity index (χ0n) is 11.3. The van der Waals surface area contributed by atoms with Gasteiger partial charge in [-0.25, -0.2) is 13.1 Å². The second-order valence-electron chi connectivity index (χ2n) is 5.05. The van der Waals surface area contributed by atoms with Gasteiger partial charge in [-0.2, -0.15) is 0 Å². The Balaban J connectivity index is 2.36. The molecule has 1 unspecified atom stereocenters. The van der Waals surface area contributed by atoms with E-state index in [9.17, 15) is 23.6 Å². The summed E-state index contributed by atoms with van der Waals surface area (Å²) in [5, 5.41) is 23.5. The van der Waals surface area contributed by atoms with Gasteiger partial charge in [0.05, 0.1) is 17.1 Å². The van der Waals surface area contributed by atoms with Crippen LogP contribution in [-0.2, 0) is 10.0 Å². The standard InChI is InChI=1S/C12H17N3O5S/c16-9-12(6-3-7-13-8-12)14-21(19,20)11-5-2-1-4-10(11)15(17)18/h1-2,4-5,13-14,16H,3,6-9H2. The molecule has 116 valence electrons. The van der Waals surface area contributed by atoms with Crippen molar-refractivity contribution in [1.29, 1.82) is 0 Å². The van der Waals surface area contributed by atoms with Crippen molar-refractivity contribution in [3.05, 3.63) is 34.4 Å². The van der Waals surface area contributed by atoms with Crippen molar-refractivity contribution >= 4 is 15.7 Å². The van der Waals surface area contributed by atoms with Gasteiger partial charge in [-0.3, -0.25) is 10.1 Å². The molecular formula is C12H17N3O5S. The number of nitrogens with one attached hydrogen (secondary N) is 2. The van der Waals surface area contributed by atoms with Crippen LogP contribution in [0.25, 0.3) is 0 Å². The SMILES string of the molecule is O=[N+]([O-])c1ccccc1S(=O)(=O)NC1(CO)CCCNC1. The lowest BCUT2D eigenvalue weighted by atomic mass is 9.92. The third-order valence-corrected chi connectivity index (χ3v) is 5.10. The van der Waals surface area contributed by atoms with E-state index in [1.807, 2.05) is 0 Å². The Kier molecular flexibility index (Phi) is 4.57. The van der Waals surface area contributed by atoms with Crippen molar-refractivity contribution in [2.75, 3.05) is 19.7 Å². The van der Waals surface area contributed by atoms with Crippen molar-refractivity contribution in [3.8, 4) is 0 Å². The molecule has 3 N–H and O–H groups in total. The summed E-state index contributed by atoms with van der Waals surface area (Å²) in [6.45, 7) is 0.651. The van der Waals surface area contributed by atoms with Gasteiger partial charge in [0.1, 0.15) is 0 Å². The molecule has 2 rings (SSSR count). The number of nitrogens with zero attached hydrogens (tertiary/aromatic N) is 1. The lowest BCUT2D eigenvalue weighted by molar-refractivity contribution is -0.387. The first-order valence-corrected chi connectivity index (χ1v) is 7.97. The molecule has 1 aromatic carbocycles. The summed E-state index contributed by atoms with van der Waals surface area (Å²) in [5.41, 5.74) is -1.51. The molecule has 0 saturated carbocycles. The highest BCUT2D eigenvalue weighted by atomic mass is 32.2. The summed E-state index contributed by atoms with van der Waals surface area (Å²) in [5.74, 6) is 0. The molecule has 0 amide bonds. The minimum atomic E-state index is -4.10. The molecule has 21 heavy (non-hydrogen) atoms. The van der Waals surface area contributed by atoms with E-state index >= 15 is 0 Å². The van der Waals surface area contributed by atoms with Crippen LogP contribution in [0.1, 0.15) is 12.8 Å². The lowest BCUT2D eigenvalue weighted by Crippen LogP contribution is -2.59. The van der Waals surface area contributed by atoms with Crippen LogP contribution in [0.3, 0.4) is 0 Å². The molecule has 1 atom stereocenters. The average Bonchev–Trinajstić information content (AvgIpc) is 2.47. The van der Waals surface area contributed by atoms with Crippen LogP contribution in [-0.4, -0.2) is 43.7 Å². The van der Waals surface area contributed by atoms with Gasteiger partial charge in [-0.05, 0) is 25.5 Å². The lowest BCUT2D eigenvalue weighted by Gasteiger charge is -2.36. The topological polar surface area (TPSA) is 122 Å². The second kappa shape index (κ2) is 6.06. The normalized spacial score (nSPS) is 22.9. The van der Waals surface area contributed by atoms with Crippen LogP contribution >= 0.6 is 0 Å². The number of para-hydroxylation sites is 1. The van der Waals surface area contributed by atoms with Crippen LogP contribution in [0.5, 0.6) is 0 Å². The molecule has 1 aliphatic rings. The monoisotopic (exact) mass is 315 g/mol. The van der Waals surface area contributed by atoms with E-state index in [2.05, 4.69) is 10.0 Å². The predicted molar refractivity (Wildman–Crippen MR) is 75.3 cm³/mol. The van der Waals surface area contributed by atoms with Crippen molar-refractivity contribution < 1.29 is 18.4 Å². The molecule has 0 aromatic heterocycles. The van der Waals surface area contributed by atoms with Crippen LogP contribution in [0.15, 0.2) is 29.2 Å². The van der Waals surface area contributed by atoms with Crippen molar-refractivity contribution in [2.45, 2.75) is 23.3 Å². The van der Waals surface area contributed by atoms with E-state index in [-0.39, 0.29) is 13.2 Å². The van der Waals surface area contributed by atoms with Gasteiger partial charge in [0.2, 0.25) is 10.0 Å². The summed E-state index contributed by atoms with van der Waals surface area (Å²) in [6.07, 6.45) is 1.18. The maximum atomic E-state index is 12.4. The molecule has 1 fully saturated rings. The Bertz CT molecular complexity index is 626. The zero-order valence-corrected chi connectivity index (χ0v) is 12.1. The summed E-state index contributed by atoms with van der Waals surface area (Å²) in [7, 11) is -4.10. The third-order valence-electron chi connectivity index (χ3n) is 3.48. The van der Waals surface area contributed by atoms with E-state index in [1.54, 1.807) is 0 Å². The first-order chi connectivity index (χ1) is 9.90. The zero-order chi connectivity index (χ0) is 15.5. The van der Waals surface area contributed by atoms with Gasteiger partial charge >= 0.3 is 0 Å². The molecule has 0 aliphatic carbocycles. The Morgan fingerprint density at radius 1 is 1.43 bits per heavy atom. The van der Waals surface area contributed by atoms with Gasteiger partial charge in [0.25, 0.3) is 5.69 Å². The summed E-state index contributed by atoms with van der Waals surface area (Å²) < 4.78 is 27.3. The highest BCUT2D eigenvalue weighted by molar-refractivity contribution is 7.89. The van der Waals surface area contributed by atoms with E-state index in [0.29, 0.717) is 12.8 Å². The number of aliphatic hydroxyl groups is 1. The predicted octanol–water partition coefficient (Wildman–Crippen LogP) is -0.0124. The minimum Gasteiger partial charge on any atom is -0.394 e. The maximum absolute atomic E-state index is 12.4. The van der Waals surface area contributed by atoms with Gasteiger partial charge in [0, 0.05) is 12.6 Å². The Hall–Kier alpha value is -1.55. The Labute approximate surface area is 122 Å². The molecule has 0 bridgehead atoms. The fraction of sp³-hybridized carbons (Fsp3) is 0.500. The van der Waals surface area contributed by atoms with E-state index < -0.39 is 31.1 Å².